The monoisotopic (exact) mass is 678 g/mol. The van der Waals surface area contributed by atoms with Crippen LogP contribution < -0.4 is 0 Å². The molecule has 2 aliphatic rings. The molecule has 14 heteroatoms. The topological polar surface area (TPSA) is 192 Å². The summed E-state index contributed by atoms with van der Waals surface area (Å²) in [5, 5.41) is 0. The molecule has 0 spiro atoms. The zero-order chi connectivity index (χ0) is 37.1. The minimum absolute atomic E-state index is 0.387. The number of esters is 6. The third-order valence-corrected chi connectivity index (χ3v) is 8.23. The highest BCUT2D eigenvalue weighted by molar-refractivity contribution is 5.96. The van der Waals surface area contributed by atoms with Crippen molar-refractivity contribution >= 4 is 47.4 Å². The standard InChI is InChI=1S/C34H46O14/c1-16(2)31(42)46-27-26(44-20(6)36)18(4)25(43-19(5)35)24-30(45-21(7)37)33(12,47-22(8)38)15-34(24,48-23(9)39)28(40)17(3)13-14-32(10,11)29(27)41/h13-14,16-17,24-27,30H,4,15H2,1-3,5-12H3/b14-13+/t17-,24+,25+,26+,27-,30-,33-,34-/m0/s1. The van der Waals surface area contributed by atoms with Crippen LogP contribution in [0.3, 0.4) is 0 Å². The summed E-state index contributed by atoms with van der Waals surface area (Å²) in [6.07, 6.45) is -5.03. The number of fused-ring (bicyclic) bond motifs is 1. The molecule has 0 amide bonds. The first-order valence-corrected chi connectivity index (χ1v) is 15.5. The lowest BCUT2D eigenvalue weighted by Gasteiger charge is -2.42. The molecule has 0 unspecified atom stereocenters. The first-order chi connectivity index (χ1) is 21.9. The van der Waals surface area contributed by atoms with Crippen LogP contribution in [0.1, 0.15) is 82.6 Å². The molecule has 1 fully saturated rings. The molecule has 0 aliphatic heterocycles. The maximum absolute atomic E-state index is 14.7. The minimum atomic E-state index is -2.35. The fraction of sp³-hybridized carbons (Fsp3) is 0.647. The Hall–Kier alpha value is -4.36. The lowest BCUT2D eigenvalue weighted by Crippen LogP contribution is -2.58. The predicted molar refractivity (Wildman–Crippen MR) is 165 cm³/mol. The predicted octanol–water partition coefficient (Wildman–Crippen LogP) is 2.92. The fourth-order valence-corrected chi connectivity index (χ4v) is 6.28. The Balaban J connectivity index is 3.22. The Labute approximate surface area is 279 Å². The quantitative estimate of drug-likeness (QED) is 0.217. The molecule has 0 aromatic heterocycles. The Morgan fingerprint density at radius 2 is 1.23 bits per heavy atom. The third-order valence-electron chi connectivity index (χ3n) is 8.23. The highest BCUT2D eigenvalue weighted by Gasteiger charge is 2.72. The normalized spacial score (nSPS) is 32.5. The number of carbonyl (C=O) groups excluding carboxylic acids is 8. The maximum atomic E-state index is 14.7. The van der Waals surface area contributed by atoms with Gasteiger partial charge in [0.15, 0.2) is 35.0 Å². The van der Waals surface area contributed by atoms with Crippen LogP contribution >= 0.6 is 0 Å². The summed E-state index contributed by atoms with van der Waals surface area (Å²) in [6.45, 7) is 18.0. The first kappa shape index (κ1) is 39.8. The molecule has 2 aliphatic carbocycles. The van der Waals surface area contributed by atoms with Crippen LogP contribution in [-0.4, -0.2) is 83.0 Å². The number of ether oxygens (including phenoxy) is 6. The fourth-order valence-electron chi connectivity index (χ4n) is 6.28. The van der Waals surface area contributed by atoms with E-state index in [2.05, 4.69) is 6.58 Å². The first-order valence-electron chi connectivity index (χ1n) is 15.5. The third kappa shape index (κ3) is 8.56. The van der Waals surface area contributed by atoms with E-state index in [1.807, 2.05) is 0 Å². The van der Waals surface area contributed by atoms with E-state index in [1.165, 1.54) is 53.7 Å². The summed E-state index contributed by atoms with van der Waals surface area (Å²) in [6, 6.07) is 0. The van der Waals surface area contributed by atoms with E-state index in [0.29, 0.717) is 0 Å². The zero-order valence-electron chi connectivity index (χ0n) is 29.3. The van der Waals surface area contributed by atoms with E-state index >= 15 is 0 Å². The molecule has 0 aromatic carbocycles. The van der Waals surface area contributed by atoms with E-state index < -0.39 is 113 Å². The van der Waals surface area contributed by atoms with Crippen LogP contribution in [0.25, 0.3) is 0 Å². The average Bonchev–Trinajstić information content (AvgIpc) is 3.15. The van der Waals surface area contributed by atoms with Crippen LogP contribution in [-0.2, 0) is 66.8 Å². The Bertz CT molecular complexity index is 1410. The molecule has 0 heterocycles. The smallest absolute Gasteiger partial charge is 0.309 e. The number of hydrogen-bond acceptors (Lipinski definition) is 14. The summed E-state index contributed by atoms with van der Waals surface area (Å²) in [4.78, 5) is 105. The van der Waals surface area contributed by atoms with Crippen molar-refractivity contribution < 1.29 is 66.8 Å². The van der Waals surface area contributed by atoms with E-state index in [9.17, 15) is 38.4 Å². The van der Waals surface area contributed by atoms with Crippen LogP contribution in [0.5, 0.6) is 0 Å². The van der Waals surface area contributed by atoms with Gasteiger partial charge >= 0.3 is 35.8 Å². The molecule has 2 rings (SSSR count). The Morgan fingerprint density at radius 3 is 1.69 bits per heavy atom. The van der Waals surface area contributed by atoms with Gasteiger partial charge in [0.05, 0.1) is 11.8 Å². The van der Waals surface area contributed by atoms with Gasteiger partial charge in [-0.2, -0.15) is 0 Å². The number of rotatable bonds is 7. The Morgan fingerprint density at radius 1 is 0.729 bits per heavy atom. The Kier molecular flexibility index (Phi) is 12.3. The van der Waals surface area contributed by atoms with Gasteiger partial charge in [-0.25, -0.2) is 0 Å². The molecule has 8 atom stereocenters. The molecule has 0 radical (unpaired) electrons. The summed E-state index contributed by atoms with van der Waals surface area (Å²) in [7, 11) is 0. The molecule has 14 nitrogen and oxygen atoms in total. The summed E-state index contributed by atoms with van der Waals surface area (Å²) >= 11 is 0. The van der Waals surface area contributed by atoms with Crippen molar-refractivity contribution in [2.75, 3.05) is 0 Å². The maximum Gasteiger partial charge on any atom is 0.309 e. The van der Waals surface area contributed by atoms with Gasteiger partial charge in [-0.05, 0) is 20.8 Å². The minimum Gasteiger partial charge on any atom is -0.458 e. The van der Waals surface area contributed by atoms with Crippen LogP contribution in [0.4, 0.5) is 0 Å². The molecule has 266 valence electrons. The SMILES string of the molecule is C=C1[C@@H](OC(C)=O)[C@@H]2[C@H](OC(C)=O)[C@@](C)(OC(C)=O)C[C@@]2(OC(C)=O)C(=O)[C@@H](C)/C=C/C(C)(C)C(=O)[C@@H](OC(=O)C(C)C)[C@@H]1OC(C)=O. The van der Waals surface area contributed by atoms with Crippen molar-refractivity contribution in [3.05, 3.63) is 24.3 Å². The van der Waals surface area contributed by atoms with E-state index in [-0.39, 0.29) is 5.57 Å². The number of hydrogen-bond donors (Lipinski definition) is 0. The summed E-state index contributed by atoms with van der Waals surface area (Å²) < 4.78 is 34.2. The summed E-state index contributed by atoms with van der Waals surface area (Å²) in [5.41, 5.74) is -6.09. The lowest BCUT2D eigenvalue weighted by atomic mass is 9.72. The molecular formula is C34H46O14. The molecule has 0 aromatic rings. The van der Waals surface area contributed by atoms with Crippen LogP contribution in [0.2, 0.25) is 0 Å². The van der Waals surface area contributed by atoms with Gasteiger partial charge in [0.25, 0.3) is 0 Å². The lowest BCUT2D eigenvalue weighted by molar-refractivity contribution is -0.191. The van der Waals surface area contributed by atoms with Crippen molar-refractivity contribution in [2.24, 2.45) is 23.2 Å². The van der Waals surface area contributed by atoms with Gasteiger partial charge in [-0.3, -0.25) is 38.4 Å². The van der Waals surface area contributed by atoms with E-state index in [0.717, 1.165) is 34.6 Å². The van der Waals surface area contributed by atoms with E-state index in [4.69, 9.17) is 28.4 Å². The molecule has 0 saturated heterocycles. The molecule has 1 saturated carbocycles. The average molecular weight is 679 g/mol. The van der Waals surface area contributed by atoms with Gasteiger partial charge in [-0.15, -0.1) is 0 Å². The second-order valence-corrected chi connectivity index (χ2v) is 13.4. The van der Waals surface area contributed by atoms with Gasteiger partial charge in [0.2, 0.25) is 6.10 Å². The van der Waals surface area contributed by atoms with Gasteiger partial charge < -0.3 is 28.4 Å². The van der Waals surface area contributed by atoms with Crippen molar-refractivity contribution in [1.29, 1.82) is 0 Å². The largest absolute Gasteiger partial charge is 0.458 e. The van der Waals surface area contributed by atoms with Crippen LogP contribution in [0.15, 0.2) is 24.3 Å². The van der Waals surface area contributed by atoms with Crippen molar-refractivity contribution in [3.63, 3.8) is 0 Å². The highest BCUT2D eigenvalue weighted by Crippen LogP contribution is 2.54. The van der Waals surface area contributed by atoms with Crippen molar-refractivity contribution in [1.82, 2.24) is 0 Å². The molecule has 48 heavy (non-hydrogen) atoms. The van der Waals surface area contributed by atoms with Crippen molar-refractivity contribution in [3.8, 4) is 0 Å². The number of ketones is 2. The number of Topliss-reactive ketones (excluding diaryl/α,β-unsaturated/α-hetero) is 2. The van der Waals surface area contributed by atoms with Crippen molar-refractivity contribution in [2.45, 2.75) is 118 Å². The second kappa shape index (κ2) is 14.8. The number of allylic oxidation sites excluding steroid dienone is 2. The van der Waals surface area contributed by atoms with Gasteiger partial charge in [-0.1, -0.05) is 39.5 Å². The molecule has 0 N–H and O–H groups in total. The van der Waals surface area contributed by atoms with E-state index in [1.54, 1.807) is 0 Å². The molecular weight excluding hydrogens is 632 g/mol. The highest BCUT2D eigenvalue weighted by atomic mass is 16.6. The molecule has 0 bridgehead atoms. The van der Waals surface area contributed by atoms with Gasteiger partial charge in [0, 0.05) is 57.9 Å². The zero-order valence-corrected chi connectivity index (χ0v) is 29.3. The van der Waals surface area contributed by atoms with Crippen LogP contribution in [0, 0.1) is 23.2 Å². The van der Waals surface area contributed by atoms with Gasteiger partial charge in [0.1, 0.15) is 6.10 Å². The summed E-state index contributed by atoms with van der Waals surface area (Å²) in [5.74, 6) is -10.6. The number of carbonyl (C=O) groups is 8. The second-order valence-electron chi connectivity index (χ2n) is 13.4.